The van der Waals surface area contributed by atoms with Gasteiger partial charge in [-0.05, 0) is 50.6 Å². The van der Waals surface area contributed by atoms with Gasteiger partial charge in [-0.15, -0.1) is 0 Å². The number of piperidine rings is 1. The van der Waals surface area contributed by atoms with Crippen molar-refractivity contribution in [2.75, 3.05) is 26.8 Å². The molecule has 2 aliphatic rings. The van der Waals surface area contributed by atoms with Gasteiger partial charge in [-0.25, -0.2) is 14.8 Å². The Kier molecular flexibility index (Phi) is 5.75. The van der Waals surface area contributed by atoms with E-state index in [0.717, 1.165) is 56.0 Å². The fourth-order valence-electron chi connectivity index (χ4n) is 4.52. The van der Waals surface area contributed by atoms with Crippen molar-refractivity contribution in [2.45, 2.75) is 44.4 Å². The Labute approximate surface area is 185 Å². The van der Waals surface area contributed by atoms with Gasteiger partial charge >= 0.3 is 5.97 Å². The van der Waals surface area contributed by atoms with Gasteiger partial charge in [0.05, 0.1) is 26.3 Å². The summed E-state index contributed by atoms with van der Waals surface area (Å²) in [5, 5.41) is 0. The van der Waals surface area contributed by atoms with Crippen LogP contribution in [-0.4, -0.2) is 63.3 Å². The standard InChI is InChI=1S/C23H27N5O4/c1-31-23(30)19-6-5-18-22(26-19)28(13-16-9-12-32-16)20(24-18)14-27-10-7-15(8-11-27)17-3-2-4-21(29)25-17/h2-6,15-16H,7-14H2,1H3,(H,25,29)/t16-/m0/s1. The van der Waals surface area contributed by atoms with E-state index >= 15 is 0 Å². The second-order valence-electron chi connectivity index (χ2n) is 8.47. The molecule has 0 saturated carbocycles. The van der Waals surface area contributed by atoms with Crippen molar-refractivity contribution in [3.8, 4) is 0 Å². The first kappa shape index (κ1) is 20.8. The molecule has 2 aliphatic heterocycles. The van der Waals surface area contributed by atoms with E-state index in [-0.39, 0.29) is 17.4 Å². The number of methoxy groups -OCH3 is 1. The van der Waals surface area contributed by atoms with E-state index in [1.165, 1.54) is 7.11 Å². The summed E-state index contributed by atoms with van der Waals surface area (Å²) in [5.41, 5.74) is 2.71. The van der Waals surface area contributed by atoms with Gasteiger partial charge in [0.25, 0.3) is 0 Å². The number of carbonyl (C=O) groups is 1. The van der Waals surface area contributed by atoms with E-state index in [0.29, 0.717) is 24.7 Å². The number of esters is 1. The molecule has 0 spiro atoms. The van der Waals surface area contributed by atoms with Gasteiger partial charge < -0.3 is 19.0 Å². The van der Waals surface area contributed by atoms with Crippen LogP contribution < -0.4 is 5.56 Å². The van der Waals surface area contributed by atoms with Crippen LogP contribution in [0.5, 0.6) is 0 Å². The fourth-order valence-corrected chi connectivity index (χ4v) is 4.52. The molecule has 9 heteroatoms. The molecule has 0 amide bonds. The quantitative estimate of drug-likeness (QED) is 0.589. The number of aromatic nitrogens is 4. The van der Waals surface area contributed by atoms with Gasteiger partial charge in [0.2, 0.25) is 5.56 Å². The first-order valence-electron chi connectivity index (χ1n) is 11.1. The van der Waals surface area contributed by atoms with Crippen molar-refractivity contribution in [2.24, 2.45) is 0 Å². The molecule has 9 nitrogen and oxygen atoms in total. The largest absolute Gasteiger partial charge is 0.464 e. The number of rotatable bonds is 6. The third-order valence-corrected chi connectivity index (χ3v) is 6.43. The van der Waals surface area contributed by atoms with Gasteiger partial charge in [-0.1, -0.05) is 6.07 Å². The molecule has 5 heterocycles. The van der Waals surface area contributed by atoms with Gasteiger partial charge in [0, 0.05) is 24.3 Å². The van der Waals surface area contributed by atoms with Crippen molar-refractivity contribution in [1.29, 1.82) is 0 Å². The zero-order chi connectivity index (χ0) is 22.1. The number of nitrogens with one attached hydrogen (secondary N) is 1. The Balaban J connectivity index is 1.35. The summed E-state index contributed by atoms with van der Waals surface area (Å²) in [6.07, 6.45) is 3.12. The monoisotopic (exact) mass is 437 g/mol. The molecular weight excluding hydrogens is 410 g/mol. The molecule has 3 aromatic heterocycles. The van der Waals surface area contributed by atoms with Gasteiger partial charge in [-0.3, -0.25) is 9.69 Å². The number of fused-ring (bicyclic) bond motifs is 1. The zero-order valence-electron chi connectivity index (χ0n) is 18.1. The van der Waals surface area contributed by atoms with Crippen LogP contribution in [0, 0.1) is 0 Å². The van der Waals surface area contributed by atoms with Crippen LogP contribution in [0.15, 0.2) is 35.1 Å². The highest BCUT2D eigenvalue weighted by atomic mass is 16.5. The first-order chi connectivity index (χ1) is 15.6. The third kappa shape index (κ3) is 4.18. The number of ether oxygens (including phenoxy) is 2. The normalized spacial score (nSPS) is 19.7. The van der Waals surface area contributed by atoms with Crippen LogP contribution >= 0.6 is 0 Å². The summed E-state index contributed by atoms with van der Waals surface area (Å²) >= 11 is 0. The topological polar surface area (TPSA) is 102 Å². The number of nitrogens with zero attached hydrogens (tertiary/aromatic N) is 4. The fraction of sp³-hybridized carbons (Fsp3) is 0.478. The summed E-state index contributed by atoms with van der Waals surface area (Å²) in [5.74, 6) is 0.838. The molecule has 0 radical (unpaired) electrons. The minimum atomic E-state index is -0.456. The van der Waals surface area contributed by atoms with Crippen molar-refractivity contribution in [1.82, 2.24) is 24.4 Å². The molecule has 0 aromatic carbocycles. The molecular formula is C23H27N5O4. The number of carbonyl (C=O) groups excluding carboxylic acids is 1. The molecule has 5 rings (SSSR count). The summed E-state index contributed by atoms with van der Waals surface area (Å²) in [6, 6.07) is 8.86. The number of imidazole rings is 1. The summed E-state index contributed by atoms with van der Waals surface area (Å²) in [4.78, 5) is 38.4. The second kappa shape index (κ2) is 8.84. The Morgan fingerprint density at radius 2 is 2.00 bits per heavy atom. The summed E-state index contributed by atoms with van der Waals surface area (Å²) in [6.45, 7) is 4.00. The number of likely N-dealkylation sites (tertiary alicyclic amines) is 1. The lowest BCUT2D eigenvalue weighted by molar-refractivity contribution is -0.0593. The second-order valence-corrected chi connectivity index (χ2v) is 8.47. The molecule has 0 bridgehead atoms. The maximum atomic E-state index is 12.0. The molecule has 168 valence electrons. The lowest BCUT2D eigenvalue weighted by Gasteiger charge is -2.32. The summed E-state index contributed by atoms with van der Waals surface area (Å²) < 4.78 is 12.6. The van der Waals surface area contributed by atoms with Gasteiger partial charge in [0.15, 0.2) is 11.3 Å². The Morgan fingerprint density at radius 3 is 2.69 bits per heavy atom. The smallest absolute Gasteiger partial charge is 0.356 e. The van der Waals surface area contributed by atoms with Gasteiger partial charge in [0.1, 0.15) is 11.3 Å². The predicted octanol–water partition coefficient (Wildman–Crippen LogP) is 2.07. The molecule has 2 fully saturated rings. The molecule has 0 aliphatic carbocycles. The Hall–Kier alpha value is -3.04. The van der Waals surface area contributed by atoms with Crippen molar-refractivity contribution < 1.29 is 14.3 Å². The lowest BCUT2D eigenvalue weighted by Crippen LogP contribution is -2.35. The highest BCUT2D eigenvalue weighted by molar-refractivity contribution is 5.89. The maximum absolute atomic E-state index is 12.0. The molecule has 0 unspecified atom stereocenters. The van der Waals surface area contributed by atoms with Crippen LogP contribution in [0.2, 0.25) is 0 Å². The average molecular weight is 438 g/mol. The first-order valence-corrected chi connectivity index (χ1v) is 11.1. The van der Waals surface area contributed by atoms with Crippen molar-refractivity contribution in [3.63, 3.8) is 0 Å². The van der Waals surface area contributed by atoms with E-state index in [1.807, 2.05) is 18.2 Å². The maximum Gasteiger partial charge on any atom is 0.356 e. The van der Waals surface area contributed by atoms with E-state index in [4.69, 9.17) is 14.5 Å². The van der Waals surface area contributed by atoms with Crippen LogP contribution in [0.3, 0.4) is 0 Å². The van der Waals surface area contributed by atoms with E-state index in [2.05, 4.69) is 19.4 Å². The van der Waals surface area contributed by atoms with E-state index in [1.54, 1.807) is 12.1 Å². The molecule has 1 N–H and O–H groups in total. The third-order valence-electron chi connectivity index (χ3n) is 6.43. The highest BCUT2D eigenvalue weighted by Crippen LogP contribution is 2.28. The van der Waals surface area contributed by atoms with Crippen LogP contribution in [0.25, 0.3) is 11.2 Å². The number of aromatic amines is 1. The van der Waals surface area contributed by atoms with E-state index < -0.39 is 5.97 Å². The molecule has 3 aromatic rings. The number of pyridine rings is 2. The van der Waals surface area contributed by atoms with Crippen molar-refractivity contribution in [3.05, 3.63) is 57.9 Å². The lowest BCUT2D eigenvalue weighted by atomic mass is 9.93. The van der Waals surface area contributed by atoms with Crippen LogP contribution in [-0.2, 0) is 22.6 Å². The SMILES string of the molecule is COC(=O)c1ccc2nc(CN3CCC(c4cccc(=O)[nH]4)CC3)n(C[C@@H]3CCO3)c2n1. The molecule has 1 atom stereocenters. The predicted molar refractivity (Wildman–Crippen MR) is 118 cm³/mol. The zero-order valence-corrected chi connectivity index (χ0v) is 18.1. The number of H-pyrrole nitrogens is 1. The average Bonchev–Trinajstić information content (AvgIpc) is 3.12. The van der Waals surface area contributed by atoms with Crippen LogP contribution in [0.4, 0.5) is 0 Å². The number of hydrogen-bond donors (Lipinski definition) is 1. The molecule has 2 saturated heterocycles. The number of hydrogen-bond acceptors (Lipinski definition) is 7. The Morgan fingerprint density at radius 1 is 1.19 bits per heavy atom. The van der Waals surface area contributed by atoms with Crippen LogP contribution in [0.1, 0.15) is 47.2 Å². The minimum Gasteiger partial charge on any atom is -0.464 e. The summed E-state index contributed by atoms with van der Waals surface area (Å²) in [7, 11) is 1.35. The molecule has 32 heavy (non-hydrogen) atoms. The highest BCUT2D eigenvalue weighted by Gasteiger charge is 2.26. The Bertz CT molecular complexity index is 1170. The van der Waals surface area contributed by atoms with Gasteiger partial charge in [-0.2, -0.15) is 0 Å². The van der Waals surface area contributed by atoms with E-state index in [9.17, 15) is 9.59 Å². The van der Waals surface area contributed by atoms with Crippen molar-refractivity contribution >= 4 is 17.1 Å². The minimum absolute atomic E-state index is 0.0457.